The SMILES string of the molecule is Cl.O=S(=O)(c1ccc2c(c1)O[C@H]1CNCC[C@@H]21)c1ccccc1Cl. The molecule has 0 amide bonds. The van der Waals surface area contributed by atoms with Crippen molar-refractivity contribution in [3.63, 3.8) is 0 Å². The van der Waals surface area contributed by atoms with Gasteiger partial charge in [-0.3, -0.25) is 0 Å². The van der Waals surface area contributed by atoms with Gasteiger partial charge in [0.15, 0.2) is 0 Å². The Morgan fingerprint density at radius 2 is 1.96 bits per heavy atom. The van der Waals surface area contributed by atoms with Crippen LogP contribution in [-0.2, 0) is 9.84 Å². The van der Waals surface area contributed by atoms with Gasteiger partial charge in [-0.2, -0.15) is 0 Å². The summed E-state index contributed by atoms with van der Waals surface area (Å²) in [5.41, 5.74) is 1.11. The van der Waals surface area contributed by atoms with Gasteiger partial charge in [-0.05, 0) is 37.2 Å². The summed E-state index contributed by atoms with van der Waals surface area (Å²) in [6.07, 6.45) is 1.10. The molecule has 0 aliphatic carbocycles. The molecule has 2 heterocycles. The second kappa shape index (κ2) is 6.56. The summed E-state index contributed by atoms with van der Waals surface area (Å²) < 4.78 is 31.6. The summed E-state index contributed by atoms with van der Waals surface area (Å²) in [5.74, 6) is 1.03. The highest BCUT2D eigenvalue weighted by molar-refractivity contribution is 7.91. The topological polar surface area (TPSA) is 55.4 Å². The van der Waals surface area contributed by atoms with E-state index in [2.05, 4.69) is 5.32 Å². The Balaban J connectivity index is 0.00000169. The molecule has 2 aliphatic heterocycles. The van der Waals surface area contributed by atoms with Crippen LogP contribution in [0.4, 0.5) is 0 Å². The van der Waals surface area contributed by atoms with Gasteiger partial charge in [0.25, 0.3) is 0 Å². The minimum absolute atomic E-state index is 0. The molecule has 7 heteroatoms. The molecule has 128 valence electrons. The molecule has 0 aromatic heterocycles. The number of hydrogen-bond donors (Lipinski definition) is 1. The minimum atomic E-state index is -3.65. The average molecular weight is 386 g/mol. The quantitative estimate of drug-likeness (QED) is 0.859. The Kier molecular flexibility index (Phi) is 4.80. The van der Waals surface area contributed by atoms with E-state index in [4.69, 9.17) is 16.3 Å². The van der Waals surface area contributed by atoms with Crippen LogP contribution in [-0.4, -0.2) is 27.6 Å². The second-order valence-corrected chi connectivity index (χ2v) is 8.21. The van der Waals surface area contributed by atoms with Gasteiger partial charge >= 0.3 is 0 Å². The van der Waals surface area contributed by atoms with E-state index >= 15 is 0 Å². The number of nitrogens with one attached hydrogen (secondary N) is 1. The van der Waals surface area contributed by atoms with Gasteiger partial charge in [-0.15, -0.1) is 12.4 Å². The number of fused-ring (bicyclic) bond motifs is 3. The highest BCUT2D eigenvalue weighted by Crippen LogP contribution is 2.43. The van der Waals surface area contributed by atoms with Crippen molar-refractivity contribution in [2.75, 3.05) is 13.1 Å². The number of benzene rings is 2. The third-order valence-electron chi connectivity index (χ3n) is 4.53. The lowest BCUT2D eigenvalue weighted by molar-refractivity contribution is 0.176. The number of piperidine rings is 1. The van der Waals surface area contributed by atoms with Crippen molar-refractivity contribution in [3.05, 3.63) is 53.1 Å². The largest absolute Gasteiger partial charge is 0.488 e. The minimum Gasteiger partial charge on any atom is -0.488 e. The van der Waals surface area contributed by atoms with E-state index in [1.165, 1.54) is 6.07 Å². The summed E-state index contributed by atoms with van der Waals surface area (Å²) in [6.45, 7) is 1.76. The van der Waals surface area contributed by atoms with Gasteiger partial charge in [0.1, 0.15) is 11.9 Å². The first kappa shape index (κ1) is 17.5. The second-order valence-electron chi connectivity index (χ2n) is 5.89. The fraction of sp³-hybridized carbons (Fsp3) is 0.294. The van der Waals surface area contributed by atoms with E-state index in [0.29, 0.717) is 11.7 Å². The van der Waals surface area contributed by atoms with E-state index in [1.54, 1.807) is 30.3 Å². The molecule has 0 spiro atoms. The zero-order valence-corrected chi connectivity index (χ0v) is 15.1. The lowest BCUT2D eigenvalue weighted by Crippen LogP contribution is -2.39. The normalized spacial score (nSPS) is 22.0. The zero-order valence-electron chi connectivity index (χ0n) is 12.7. The molecule has 0 bridgehead atoms. The summed E-state index contributed by atoms with van der Waals surface area (Å²) in [6, 6.07) is 11.7. The molecule has 0 saturated carbocycles. The Morgan fingerprint density at radius 1 is 1.17 bits per heavy atom. The predicted octanol–water partition coefficient (Wildman–Crippen LogP) is 3.43. The molecule has 0 radical (unpaired) electrons. The van der Waals surface area contributed by atoms with Crippen LogP contribution in [0.3, 0.4) is 0 Å². The average Bonchev–Trinajstić information content (AvgIpc) is 2.92. The molecule has 1 fully saturated rings. The molecular weight excluding hydrogens is 369 g/mol. The molecule has 24 heavy (non-hydrogen) atoms. The summed E-state index contributed by atoms with van der Waals surface area (Å²) >= 11 is 6.06. The number of rotatable bonds is 2. The Morgan fingerprint density at radius 3 is 2.75 bits per heavy atom. The fourth-order valence-corrected chi connectivity index (χ4v) is 5.14. The molecule has 2 atom stereocenters. The lowest BCUT2D eigenvalue weighted by atomic mass is 9.90. The number of ether oxygens (including phenoxy) is 1. The molecule has 4 nitrogen and oxygen atoms in total. The molecule has 1 saturated heterocycles. The van der Waals surface area contributed by atoms with Crippen molar-refractivity contribution in [3.8, 4) is 5.75 Å². The Hall–Kier alpha value is -1.27. The maximum absolute atomic E-state index is 12.8. The van der Waals surface area contributed by atoms with Gasteiger partial charge in [0.05, 0.1) is 14.8 Å². The van der Waals surface area contributed by atoms with Crippen LogP contribution in [0.25, 0.3) is 0 Å². The molecule has 0 unspecified atom stereocenters. The van der Waals surface area contributed by atoms with E-state index in [-0.39, 0.29) is 33.3 Å². The summed E-state index contributed by atoms with van der Waals surface area (Å²) in [7, 11) is -3.65. The summed E-state index contributed by atoms with van der Waals surface area (Å²) in [5, 5.41) is 3.54. The zero-order chi connectivity index (χ0) is 16.0. The maximum atomic E-state index is 12.8. The van der Waals surface area contributed by atoms with Crippen molar-refractivity contribution in [2.45, 2.75) is 28.2 Å². The van der Waals surface area contributed by atoms with Crippen LogP contribution in [0.15, 0.2) is 52.3 Å². The van der Waals surface area contributed by atoms with Crippen LogP contribution in [0.1, 0.15) is 17.9 Å². The first-order valence-corrected chi connectivity index (χ1v) is 9.44. The molecule has 4 rings (SSSR count). The number of sulfone groups is 1. The molecule has 1 N–H and O–H groups in total. The Labute approximate surface area is 152 Å². The predicted molar refractivity (Wildman–Crippen MR) is 95.2 cm³/mol. The van der Waals surface area contributed by atoms with Crippen LogP contribution < -0.4 is 10.1 Å². The van der Waals surface area contributed by atoms with Crippen molar-refractivity contribution < 1.29 is 13.2 Å². The summed E-state index contributed by atoms with van der Waals surface area (Å²) in [4.78, 5) is 0.342. The van der Waals surface area contributed by atoms with Crippen LogP contribution in [0.2, 0.25) is 5.02 Å². The monoisotopic (exact) mass is 385 g/mol. The highest BCUT2D eigenvalue weighted by atomic mass is 35.5. The molecule has 2 aromatic rings. The number of halogens is 2. The maximum Gasteiger partial charge on any atom is 0.208 e. The van der Waals surface area contributed by atoms with E-state index in [0.717, 1.165) is 25.1 Å². The highest BCUT2D eigenvalue weighted by Gasteiger charge is 2.37. The van der Waals surface area contributed by atoms with Crippen molar-refractivity contribution in [2.24, 2.45) is 0 Å². The van der Waals surface area contributed by atoms with Crippen molar-refractivity contribution in [1.29, 1.82) is 0 Å². The van der Waals surface area contributed by atoms with Crippen LogP contribution in [0, 0.1) is 0 Å². The van der Waals surface area contributed by atoms with E-state index < -0.39 is 9.84 Å². The third-order valence-corrected chi connectivity index (χ3v) is 6.78. The molecule has 2 aromatic carbocycles. The first-order chi connectivity index (χ1) is 11.1. The lowest BCUT2D eigenvalue weighted by Gasteiger charge is -2.24. The standard InChI is InChI=1S/C17H16ClNO3S.ClH/c18-14-3-1-2-4-17(14)23(20,21)11-5-6-12-13-7-8-19-10-16(13)22-15(12)9-11;/h1-6,9,13,16,19H,7-8,10H2;1H/t13-,16-;/m0./s1. The van der Waals surface area contributed by atoms with Gasteiger partial charge in [-0.25, -0.2) is 8.42 Å². The third kappa shape index (κ3) is 2.80. The van der Waals surface area contributed by atoms with Gasteiger partial charge < -0.3 is 10.1 Å². The van der Waals surface area contributed by atoms with Crippen LogP contribution in [0.5, 0.6) is 5.75 Å². The van der Waals surface area contributed by atoms with Crippen LogP contribution >= 0.6 is 24.0 Å². The van der Waals surface area contributed by atoms with E-state index in [9.17, 15) is 8.42 Å². The van der Waals surface area contributed by atoms with Gasteiger partial charge in [0, 0.05) is 18.0 Å². The van der Waals surface area contributed by atoms with Gasteiger partial charge in [-0.1, -0.05) is 29.8 Å². The van der Waals surface area contributed by atoms with Crippen molar-refractivity contribution >= 4 is 33.8 Å². The first-order valence-electron chi connectivity index (χ1n) is 7.58. The smallest absolute Gasteiger partial charge is 0.208 e. The fourth-order valence-electron chi connectivity index (χ4n) is 3.35. The Bertz CT molecular complexity index is 870. The molecular formula is C17H17Cl2NO3S. The molecule has 2 aliphatic rings. The van der Waals surface area contributed by atoms with Gasteiger partial charge in [0.2, 0.25) is 9.84 Å². The van der Waals surface area contributed by atoms with E-state index in [1.807, 2.05) is 6.07 Å². The van der Waals surface area contributed by atoms with Crippen molar-refractivity contribution in [1.82, 2.24) is 5.32 Å². The number of hydrogen-bond acceptors (Lipinski definition) is 4.